The van der Waals surface area contributed by atoms with E-state index in [9.17, 15) is 4.79 Å². The third kappa shape index (κ3) is 3.64. The van der Waals surface area contributed by atoms with Crippen molar-refractivity contribution in [3.63, 3.8) is 0 Å². The van der Waals surface area contributed by atoms with Crippen molar-refractivity contribution in [2.24, 2.45) is 0 Å². The number of pyridine rings is 1. The van der Waals surface area contributed by atoms with E-state index in [0.717, 1.165) is 24.4 Å². The number of likely N-dealkylation sites (tertiary alicyclic amines) is 1. The minimum atomic E-state index is 0.241. The lowest BCUT2D eigenvalue weighted by atomic mass is 10.0. The second-order valence-corrected chi connectivity index (χ2v) is 5.29. The molecule has 0 spiro atoms. The summed E-state index contributed by atoms with van der Waals surface area (Å²) in [4.78, 5) is 18.7. The van der Waals surface area contributed by atoms with Crippen LogP contribution in [0.1, 0.15) is 17.7 Å². The summed E-state index contributed by atoms with van der Waals surface area (Å²) >= 11 is 0. The van der Waals surface area contributed by atoms with Gasteiger partial charge in [0.2, 0.25) is 0 Å². The minimum absolute atomic E-state index is 0.241. The van der Waals surface area contributed by atoms with Crippen molar-refractivity contribution in [1.82, 2.24) is 9.88 Å². The number of hydrogen-bond acceptors (Lipinski definition) is 3. The number of carbonyl (C=O) groups excluding carboxylic acids is 1. The molecule has 1 fully saturated rings. The molecule has 21 heavy (non-hydrogen) atoms. The van der Waals surface area contributed by atoms with Crippen LogP contribution < -0.4 is 0 Å². The highest BCUT2D eigenvalue weighted by molar-refractivity contribution is 6.00. The van der Waals surface area contributed by atoms with Crippen LogP contribution in [-0.2, 0) is 11.3 Å². The number of rotatable bonds is 3. The maximum atomic E-state index is 12.1. The molecule has 1 aromatic heterocycles. The molecule has 0 unspecified atom stereocenters. The van der Waals surface area contributed by atoms with Crippen LogP contribution in [0.5, 0.6) is 0 Å². The zero-order chi connectivity index (χ0) is 14.5. The number of aromatic nitrogens is 1. The number of nitrogens with zero attached hydrogens (tertiary/aromatic N) is 2. The molecule has 106 valence electrons. The highest BCUT2D eigenvalue weighted by atomic mass is 16.1. The maximum Gasteiger partial charge on any atom is 0.161 e. The molecule has 2 heterocycles. The molecular weight excluding hydrogens is 260 g/mol. The third-order valence-electron chi connectivity index (χ3n) is 3.67. The van der Waals surface area contributed by atoms with Crippen LogP contribution in [0.3, 0.4) is 0 Å². The number of Topliss-reactive ketones (excluding diaryl/α,β-unsaturated/α-hetero) is 1. The Kier molecular flexibility index (Phi) is 4.22. The third-order valence-corrected chi connectivity index (χ3v) is 3.67. The van der Waals surface area contributed by atoms with Crippen LogP contribution in [0.15, 0.2) is 60.3 Å². The first-order chi connectivity index (χ1) is 10.3. The number of ketones is 1. The summed E-state index contributed by atoms with van der Waals surface area (Å²) in [6, 6.07) is 16.1. The molecule has 0 saturated carbocycles. The van der Waals surface area contributed by atoms with Crippen molar-refractivity contribution in [2.75, 3.05) is 13.1 Å². The number of piperidine rings is 1. The predicted molar refractivity (Wildman–Crippen MR) is 83.6 cm³/mol. The van der Waals surface area contributed by atoms with Crippen LogP contribution in [0.4, 0.5) is 0 Å². The molecule has 3 rings (SSSR count). The van der Waals surface area contributed by atoms with Gasteiger partial charge in [-0.15, -0.1) is 0 Å². The molecule has 0 radical (unpaired) electrons. The summed E-state index contributed by atoms with van der Waals surface area (Å²) in [6.07, 6.45) is 4.26. The Bertz CT molecular complexity index is 635. The smallest absolute Gasteiger partial charge is 0.161 e. The van der Waals surface area contributed by atoms with Gasteiger partial charge in [-0.25, -0.2) is 0 Å². The van der Waals surface area contributed by atoms with E-state index < -0.39 is 0 Å². The van der Waals surface area contributed by atoms with Gasteiger partial charge in [0.1, 0.15) is 0 Å². The van der Waals surface area contributed by atoms with Crippen molar-refractivity contribution < 1.29 is 4.79 Å². The number of carbonyl (C=O) groups is 1. The van der Waals surface area contributed by atoms with Crippen molar-refractivity contribution in [1.29, 1.82) is 0 Å². The van der Waals surface area contributed by atoms with Crippen molar-refractivity contribution in [3.8, 4) is 0 Å². The zero-order valence-corrected chi connectivity index (χ0v) is 11.9. The van der Waals surface area contributed by atoms with E-state index in [1.165, 1.54) is 5.56 Å². The van der Waals surface area contributed by atoms with E-state index in [1.54, 1.807) is 6.20 Å². The van der Waals surface area contributed by atoms with Gasteiger partial charge >= 0.3 is 0 Å². The lowest BCUT2D eigenvalue weighted by Crippen LogP contribution is -2.35. The summed E-state index contributed by atoms with van der Waals surface area (Å²) in [7, 11) is 0. The Hall–Kier alpha value is -2.26. The summed E-state index contributed by atoms with van der Waals surface area (Å²) in [5.41, 5.74) is 2.99. The van der Waals surface area contributed by atoms with Crippen LogP contribution in [0.25, 0.3) is 6.08 Å². The molecule has 1 saturated heterocycles. The van der Waals surface area contributed by atoms with E-state index in [0.29, 0.717) is 13.0 Å². The molecule has 1 aliphatic rings. The normalized spacial score (nSPS) is 18.1. The minimum Gasteiger partial charge on any atom is -0.294 e. The highest BCUT2D eigenvalue weighted by Gasteiger charge is 2.21. The fraction of sp³-hybridized carbons (Fsp3) is 0.222. The fourth-order valence-electron chi connectivity index (χ4n) is 2.57. The second-order valence-electron chi connectivity index (χ2n) is 5.29. The molecule has 3 heteroatoms. The molecule has 0 amide bonds. The Morgan fingerprint density at radius 1 is 1.10 bits per heavy atom. The Balaban J connectivity index is 1.73. The Labute approximate surface area is 124 Å². The Morgan fingerprint density at radius 3 is 2.67 bits per heavy atom. The molecule has 2 aromatic rings. The standard InChI is InChI=1S/C18H18N2O/c21-18-9-11-20(13-15-6-2-1-3-7-15)14-16(18)12-17-8-4-5-10-19-17/h1-8,10,12H,9,11,13-14H2/b16-12+. The first-order valence-corrected chi connectivity index (χ1v) is 7.22. The fourth-order valence-corrected chi connectivity index (χ4v) is 2.57. The van der Waals surface area contributed by atoms with Gasteiger partial charge in [0.15, 0.2) is 5.78 Å². The average molecular weight is 278 g/mol. The lowest BCUT2D eigenvalue weighted by Gasteiger charge is -2.27. The van der Waals surface area contributed by atoms with Gasteiger partial charge in [-0.05, 0) is 23.8 Å². The molecule has 0 N–H and O–H groups in total. The largest absolute Gasteiger partial charge is 0.294 e. The van der Waals surface area contributed by atoms with E-state index in [-0.39, 0.29) is 5.78 Å². The van der Waals surface area contributed by atoms with Crippen LogP contribution >= 0.6 is 0 Å². The second kappa shape index (κ2) is 6.46. The van der Waals surface area contributed by atoms with E-state index in [2.05, 4.69) is 34.1 Å². The van der Waals surface area contributed by atoms with Gasteiger partial charge < -0.3 is 0 Å². The number of benzene rings is 1. The van der Waals surface area contributed by atoms with E-state index >= 15 is 0 Å². The number of hydrogen-bond donors (Lipinski definition) is 0. The van der Waals surface area contributed by atoms with Crippen molar-refractivity contribution in [3.05, 3.63) is 71.6 Å². The van der Waals surface area contributed by atoms with E-state index in [1.807, 2.05) is 30.3 Å². The van der Waals surface area contributed by atoms with Gasteiger partial charge in [0.25, 0.3) is 0 Å². The summed E-state index contributed by atoms with van der Waals surface area (Å²) in [5, 5.41) is 0. The average Bonchev–Trinajstić information content (AvgIpc) is 2.53. The van der Waals surface area contributed by atoms with Crippen LogP contribution in [-0.4, -0.2) is 28.8 Å². The SMILES string of the molecule is O=C1CCN(Cc2ccccc2)C/C1=C\c1ccccn1. The monoisotopic (exact) mass is 278 g/mol. The molecular formula is C18H18N2O. The van der Waals surface area contributed by atoms with Crippen LogP contribution in [0.2, 0.25) is 0 Å². The van der Waals surface area contributed by atoms with Crippen LogP contribution in [0, 0.1) is 0 Å². The molecule has 0 bridgehead atoms. The Morgan fingerprint density at radius 2 is 1.90 bits per heavy atom. The molecule has 3 nitrogen and oxygen atoms in total. The predicted octanol–water partition coefficient (Wildman–Crippen LogP) is 2.94. The molecule has 0 aliphatic carbocycles. The van der Waals surface area contributed by atoms with Gasteiger partial charge in [-0.1, -0.05) is 36.4 Å². The topological polar surface area (TPSA) is 33.2 Å². The summed E-state index contributed by atoms with van der Waals surface area (Å²) in [6.45, 7) is 2.41. The van der Waals surface area contributed by atoms with Crippen molar-refractivity contribution in [2.45, 2.75) is 13.0 Å². The first-order valence-electron chi connectivity index (χ1n) is 7.22. The molecule has 1 aromatic carbocycles. The highest BCUT2D eigenvalue weighted by Crippen LogP contribution is 2.17. The van der Waals surface area contributed by atoms with Gasteiger partial charge in [-0.3, -0.25) is 14.7 Å². The van der Waals surface area contributed by atoms with E-state index in [4.69, 9.17) is 0 Å². The first kappa shape index (κ1) is 13.7. The summed E-state index contributed by atoms with van der Waals surface area (Å²) < 4.78 is 0. The molecule has 1 aliphatic heterocycles. The van der Waals surface area contributed by atoms with Gasteiger partial charge in [0, 0.05) is 37.8 Å². The lowest BCUT2D eigenvalue weighted by molar-refractivity contribution is -0.117. The van der Waals surface area contributed by atoms with Gasteiger partial charge in [0.05, 0.1) is 5.69 Å². The maximum absolute atomic E-state index is 12.1. The quantitative estimate of drug-likeness (QED) is 0.809. The van der Waals surface area contributed by atoms with Crippen molar-refractivity contribution >= 4 is 11.9 Å². The van der Waals surface area contributed by atoms with Gasteiger partial charge in [-0.2, -0.15) is 0 Å². The zero-order valence-electron chi connectivity index (χ0n) is 11.9. The molecule has 0 atom stereocenters. The summed E-state index contributed by atoms with van der Waals surface area (Å²) in [5.74, 6) is 0.241.